The van der Waals surface area contributed by atoms with Gasteiger partial charge in [-0.25, -0.2) is 14.8 Å². The predicted octanol–water partition coefficient (Wildman–Crippen LogP) is 4.60. The third-order valence-corrected chi connectivity index (χ3v) is 4.96. The number of carboxylic acids is 1. The van der Waals surface area contributed by atoms with Crippen molar-refractivity contribution < 1.29 is 9.90 Å². The molecular weight excluding hydrogens is 346 g/mol. The maximum absolute atomic E-state index is 11.4. The highest BCUT2D eigenvalue weighted by atomic mass is 32.1. The minimum absolute atomic E-state index is 0.238. The summed E-state index contributed by atoms with van der Waals surface area (Å²) in [6.45, 7) is 3.90. The van der Waals surface area contributed by atoms with Gasteiger partial charge >= 0.3 is 5.97 Å². The molecule has 1 aromatic heterocycles. The third-order valence-electron chi connectivity index (χ3n) is 3.92. The SMILES string of the molecule is Cc1ccc(/C=N/N(C)c2nc(-c3ccccc3)c(C)s2)c(C(=O)O)c1. The van der Waals surface area contributed by atoms with Gasteiger partial charge in [-0.3, -0.25) is 0 Å². The first kappa shape index (κ1) is 17.8. The van der Waals surface area contributed by atoms with Crippen molar-refractivity contribution in [1.82, 2.24) is 4.98 Å². The normalized spacial score (nSPS) is 11.0. The van der Waals surface area contributed by atoms with Gasteiger partial charge in [0.05, 0.1) is 17.5 Å². The van der Waals surface area contributed by atoms with Crippen molar-refractivity contribution in [3.8, 4) is 11.3 Å². The zero-order valence-electron chi connectivity index (χ0n) is 14.8. The number of anilines is 1. The number of carbonyl (C=O) groups is 1. The number of hydrazone groups is 1. The van der Waals surface area contributed by atoms with Gasteiger partial charge in [0.15, 0.2) is 0 Å². The monoisotopic (exact) mass is 365 g/mol. The topological polar surface area (TPSA) is 65.8 Å². The number of hydrogen-bond acceptors (Lipinski definition) is 5. The number of carboxylic acid groups (broad SMARTS) is 1. The van der Waals surface area contributed by atoms with Crippen LogP contribution in [0.5, 0.6) is 0 Å². The van der Waals surface area contributed by atoms with Gasteiger partial charge in [-0.2, -0.15) is 5.10 Å². The van der Waals surface area contributed by atoms with Crippen LogP contribution in [-0.4, -0.2) is 29.3 Å². The van der Waals surface area contributed by atoms with Crippen molar-refractivity contribution in [1.29, 1.82) is 0 Å². The molecule has 26 heavy (non-hydrogen) atoms. The molecule has 1 N–H and O–H groups in total. The van der Waals surface area contributed by atoms with Crippen LogP contribution >= 0.6 is 11.3 Å². The van der Waals surface area contributed by atoms with Gasteiger partial charge in [-0.05, 0) is 19.9 Å². The fourth-order valence-electron chi connectivity index (χ4n) is 2.55. The highest BCUT2D eigenvalue weighted by Crippen LogP contribution is 2.31. The van der Waals surface area contributed by atoms with Crippen LogP contribution in [0.4, 0.5) is 5.13 Å². The Balaban J connectivity index is 1.86. The summed E-state index contributed by atoms with van der Waals surface area (Å²) in [7, 11) is 1.80. The molecule has 3 aromatic rings. The van der Waals surface area contributed by atoms with Gasteiger partial charge in [0.25, 0.3) is 0 Å². The minimum Gasteiger partial charge on any atom is -0.478 e. The number of thiazole rings is 1. The third kappa shape index (κ3) is 3.81. The number of hydrogen-bond donors (Lipinski definition) is 1. The van der Waals surface area contributed by atoms with E-state index in [9.17, 15) is 9.90 Å². The number of benzene rings is 2. The highest BCUT2D eigenvalue weighted by molar-refractivity contribution is 7.16. The molecule has 2 aromatic carbocycles. The fraction of sp³-hybridized carbons (Fsp3) is 0.150. The van der Waals surface area contributed by atoms with E-state index in [0.29, 0.717) is 5.56 Å². The van der Waals surface area contributed by atoms with E-state index in [2.05, 4.69) is 10.1 Å². The predicted molar refractivity (Wildman–Crippen MR) is 106 cm³/mol. The van der Waals surface area contributed by atoms with Gasteiger partial charge in [-0.1, -0.05) is 59.4 Å². The number of aromatic nitrogens is 1. The van der Waals surface area contributed by atoms with Crippen molar-refractivity contribution in [3.05, 3.63) is 70.1 Å². The molecule has 0 radical (unpaired) electrons. The van der Waals surface area contributed by atoms with E-state index in [1.165, 1.54) is 0 Å². The molecule has 1 heterocycles. The quantitative estimate of drug-likeness (QED) is 0.530. The van der Waals surface area contributed by atoms with E-state index < -0.39 is 5.97 Å². The molecule has 6 heteroatoms. The minimum atomic E-state index is -0.964. The van der Waals surface area contributed by atoms with Crippen LogP contribution in [0.1, 0.15) is 26.4 Å². The van der Waals surface area contributed by atoms with E-state index in [1.54, 1.807) is 41.7 Å². The summed E-state index contributed by atoms with van der Waals surface area (Å²) in [4.78, 5) is 17.2. The molecule has 0 saturated heterocycles. The molecule has 0 bridgehead atoms. The average Bonchev–Trinajstić information content (AvgIpc) is 3.03. The molecule has 0 aliphatic heterocycles. The second-order valence-corrected chi connectivity index (χ2v) is 7.11. The lowest BCUT2D eigenvalue weighted by molar-refractivity contribution is 0.0696. The second-order valence-electron chi connectivity index (χ2n) is 5.93. The Kier molecular flexibility index (Phi) is 5.14. The maximum atomic E-state index is 11.4. The van der Waals surface area contributed by atoms with E-state index in [0.717, 1.165) is 26.8 Å². The fourth-order valence-corrected chi connectivity index (χ4v) is 3.40. The summed E-state index contributed by atoms with van der Waals surface area (Å²) in [5.74, 6) is -0.964. The van der Waals surface area contributed by atoms with Crippen molar-refractivity contribution in [3.63, 3.8) is 0 Å². The lowest BCUT2D eigenvalue weighted by Crippen LogP contribution is -2.10. The number of rotatable bonds is 5. The second kappa shape index (κ2) is 7.49. The Labute approximate surface area is 156 Å². The first-order valence-electron chi connectivity index (χ1n) is 8.10. The summed E-state index contributed by atoms with van der Waals surface area (Å²) in [6.07, 6.45) is 1.56. The van der Waals surface area contributed by atoms with Crippen LogP contribution in [0, 0.1) is 13.8 Å². The molecule has 0 amide bonds. The van der Waals surface area contributed by atoms with E-state index in [-0.39, 0.29) is 5.56 Å². The zero-order valence-corrected chi connectivity index (χ0v) is 15.6. The zero-order chi connectivity index (χ0) is 18.7. The number of nitrogens with zero attached hydrogens (tertiary/aromatic N) is 3. The summed E-state index contributed by atoms with van der Waals surface area (Å²) >= 11 is 1.55. The Hall–Kier alpha value is -2.99. The molecule has 0 aliphatic rings. The van der Waals surface area contributed by atoms with Crippen LogP contribution in [0.3, 0.4) is 0 Å². The Morgan fingerprint density at radius 3 is 2.62 bits per heavy atom. The molecule has 0 spiro atoms. The molecule has 0 fully saturated rings. The Morgan fingerprint density at radius 2 is 1.92 bits per heavy atom. The highest BCUT2D eigenvalue weighted by Gasteiger charge is 2.13. The molecule has 0 saturated carbocycles. The molecule has 3 rings (SSSR count). The van der Waals surface area contributed by atoms with Crippen molar-refractivity contribution in [2.45, 2.75) is 13.8 Å². The Morgan fingerprint density at radius 1 is 1.19 bits per heavy atom. The Bertz CT molecular complexity index is 964. The first-order valence-corrected chi connectivity index (χ1v) is 8.92. The summed E-state index contributed by atoms with van der Waals surface area (Å²) < 4.78 is 0. The first-order chi connectivity index (χ1) is 12.5. The largest absolute Gasteiger partial charge is 0.478 e. The lowest BCUT2D eigenvalue weighted by Gasteiger charge is -2.09. The molecule has 0 aliphatic carbocycles. The van der Waals surface area contributed by atoms with Crippen LogP contribution in [0.25, 0.3) is 11.3 Å². The van der Waals surface area contributed by atoms with Gasteiger partial charge in [0, 0.05) is 23.1 Å². The molecule has 5 nitrogen and oxygen atoms in total. The molecular formula is C20H19N3O2S. The van der Waals surface area contributed by atoms with Gasteiger partial charge in [0.1, 0.15) is 0 Å². The van der Waals surface area contributed by atoms with Crippen LogP contribution in [0.2, 0.25) is 0 Å². The molecule has 0 atom stereocenters. The number of aryl methyl sites for hydroxylation is 2. The smallest absolute Gasteiger partial charge is 0.336 e. The van der Waals surface area contributed by atoms with E-state index in [4.69, 9.17) is 0 Å². The van der Waals surface area contributed by atoms with Gasteiger partial charge < -0.3 is 5.11 Å². The van der Waals surface area contributed by atoms with Crippen LogP contribution in [0.15, 0.2) is 53.6 Å². The summed E-state index contributed by atoms with van der Waals surface area (Å²) in [5.41, 5.74) is 3.70. The summed E-state index contributed by atoms with van der Waals surface area (Å²) in [6, 6.07) is 15.3. The van der Waals surface area contributed by atoms with Crippen molar-refractivity contribution >= 4 is 28.7 Å². The summed E-state index contributed by atoms with van der Waals surface area (Å²) in [5, 5.41) is 16.1. The number of aromatic carboxylic acids is 1. The standard InChI is InChI=1S/C20H19N3O2S/c1-13-9-10-16(17(11-13)19(24)25)12-21-23(3)20-22-18(14(2)26-20)15-7-5-4-6-8-15/h4-12H,1-3H3,(H,24,25)/b21-12+. The average molecular weight is 365 g/mol. The van der Waals surface area contributed by atoms with E-state index in [1.807, 2.05) is 50.2 Å². The van der Waals surface area contributed by atoms with Crippen LogP contribution in [-0.2, 0) is 0 Å². The van der Waals surface area contributed by atoms with Gasteiger partial charge in [-0.15, -0.1) is 0 Å². The van der Waals surface area contributed by atoms with Crippen molar-refractivity contribution in [2.24, 2.45) is 5.10 Å². The maximum Gasteiger partial charge on any atom is 0.336 e. The van der Waals surface area contributed by atoms with Crippen molar-refractivity contribution in [2.75, 3.05) is 12.1 Å². The lowest BCUT2D eigenvalue weighted by atomic mass is 10.1. The van der Waals surface area contributed by atoms with E-state index >= 15 is 0 Å². The molecule has 0 unspecified atom stereocenters. The van der Waals surface area contributed by atoms with Gasteiger partial charge in [0.2, 0.25) is 5.13 Å². The molecule has 132 valence electrons. The van der Waals surface area contributed by atoms with Crippen LogP contribution < -0.4 is 5.01 Å².